The molecular formula is C10H20N2O5Si. The number of esters is 1. The Hall–Kier alpha value is -0.513. The predicted octanol–water partition coefficient (Wildman–Crippen LogP) is -0.353. The number of likely N-dealkylation sites (N-methyl/N-ethyl adjacent to an activating group) is 1. The third kappa shape index (κ3) is 1.89. The summed E-state index contributed by atoms with van der Waals surface area (Å²) in [5.74, 6) is -0.315. The number of hydrogen-bond acceptors (Lipinski definition) is 7. The fourth-order valence-corrected chi connectivity index (χ4v) is 5.11. The standard InChI is InChI=1S/C10H20N2O5Si/c1-4-11-10-6-5-7-12(10)18(14-2,15-3)17-8-16-9(10)13/h11H,4-8H2,1-3H3. The molecule has 0 aliphatic carbocycles. The first-order valence-corrected chi connectivity index (χ1v) is 7.76. The van der Waals surface area contributed by atoms with Gasteiger partial charge in [0.15, 0.2) is 12.5 Å². The summed E-state index contributed by atoms with van der Waals surface area (Å²) >= 11 is 0. The van der Waals surface area contributed by atoms with Gasteiger partial charge in [0.2, 0.25) is 0 Å². The third-order valence-electron chi connectivity index (χ3n) is 3.47. The Morgan fingerprint density at radius 2 is 2.22 bits per heavy atom. The van der Waals surface area contributed by atoms with Crippen LogP contribution < -0.4 is 5.32 Å². The second kappa shape index (κ2) is 5.23. The van der Waals surface area contributed by atoms with E-state index in [0.29, 0.717) is 19.5 Å². The van der Waals surface area contributed by atoms with Gasteiger partial charge >= 0.3 is 14.9 Å². The molecule has 1 unspecified atom stereocenters. The lowest BCUT2D eigenvalue weighted by molar-refractivity contribution is -0.159. The molecule has 0 aromatic rings. The Kier molecular flexibility index (Phi) is 4.04. The van der Waals surface area contributed by atoms with Crippen LogP contribution in [0.2, 0.25) is 0 Å². The van der Waals surface area contributed by atoms with E-state index in [2.05, 4.69) is 5.32 Å². The van der Waals surface area contributed by atoms with Crippen LogP contribution in [0.5, 0.6) is 0 Å². The van der Waals surface area contributed by atoms with Crippen molar-refractivity contribution in [1.29, 1.82) is 0 Å². The van der Waals surface area contributed by atoms with Gasteiger partial charge in [0.1, 0.15) is 0 Å². The van der Waals surface area contributed by atoms with Crippen LogP contribution in [0.1, 0.15) is 19.8 Å². The van der Waals surface area contributed by atoms with Gasteiger partial charge in [-0.1, -0.05) is 6.92 Å². The van der Waals surface area contributed by atoms with Crippen LogP contribution in [0.3, 0.4) is 0 Å². The van der Waals surface area contributed by atoms with Crippen LogP contribution in [0, 0.1) is 0 Å². The quantitative estimate of drug-likeness (QED) is 0.556. The van der Waals surface area contributed by atoms with Crippen molar-refractivity contribution in [3.63, 3.8) is 0 Å². The molecule has 2 heterocycles. The zero-order valence-corrected chi connectivity index (χ0v) is 12.0. The number of hydrogen-bond donors (Lipinski definition) is 1. The number of cyclic esters (lactones) is 1. The van der Waals surface area contributed by atoms with Gasteiger partial charge in [-0.05, 0) is 19.4 Å². The van der Waals surface area contributed by atoms with Crippen LogP contribution in [0.15, 0.2) is 0 Å². The molecule has 2 fully saturated rings. The van der Waals surface area contributed by atoms with Crippen molar-refractivity contribution in [3.05, 3.63) is 0 Å². The highest BCUT2D eigenvalue weighted by atomic mass is 28.4. The van der Waals surface area contributed by atoms with E-state index in [1.54, 1.807) is 14.2 Å². The topological polar surface area (TPSA) is 69.3 Å². The zero-order valence-electron chi connectivity index (χ0n) is 11.0. The zero-order chi connectivity index (χ0) is 13.2. The SMILES string of the molecule is CCNC12CCCN1[Si](OC)(OC)OCOC2=O. The van der Waals surface area contributed by atoms with E-state index in [9.17, 15) is 4.79 Å². The van der Waals surface area contributed by atoms with Gasteiger partial charge < -0.3 is 18.0 Å². The van der Waals surface area contributed by atoms with Crippen LogP contribution in [-0.2, 0) is 22.8 Å². The lowest BCUT2D eigenvalue weighted by Gasteiger charge is -2.40. The lowest BCUT2D eigenvalue weighted by Crippen LogP contribution is -2.71. The minimum atomic E-state index is -3.04. The number of carbonyl (C=O) groups is 1. The van der Waals surface area contributed by atoms with E-state index in [0.717, 1.165) is 6.42 Å². The first-order chi connectivity index (χ1) is 8.65. The molecule has 0 aromatic heterocycles. The van der Waals surface area contributed by atoms with E-state index < -0.39 is 14.6 Å². The second-order valence-electron chi connectivity index (χ2n) is 4.27. The molecule has 2 aliphatic heterocycles. The summed E-state index contributed by atoms with van der Waals surface area (Å²) in [6.45, 7) is 3.17. The number of rotatable bonds is 4. The number of nitrogens with one attached hydrogen (secondary N) is 1. The van der Waals surface area contributed by atoms with Crippen molar-refractivity contribution in [2.75, 3.05) is 34.1 Å². The molecule has 0 aromatic carbocycles. The van der Waals surface area contributed by atoms with E-state index in [4.69, 9.17) is 18.0 Å². The Bertz CT molecular complexity index is 325. The summed E-state index contributed by atoms with van der Waals surface area (Å²) < 4.78 is 23.6. The maximum absolute atomic E-state index is 12.2. The highest BCUT2D eigenvalue weighted by Gasteiger charge is 2.64. The smallest absolute Gasteiger partial charge is 0.437 e. The average Bonchev–Trinajstić information content (AvgIpc) is 2.77. The first kappa shape index (κ1) is 13.9. The molecule has 1 atom stereocenters. The van der Waals surface area contributed by atoms with Crippen molar-refractivity contribution in [3.8, 4) is 0 Å². The van der Waals surface area contributed by atoms with Gasteiger partial charge in [0.05, 0.1) is 0 Å². The Morgan fingerprint density at radius 3 is 2.83 bits per heavy atom. The van der Waals surface area contributed by atoms with Crippen molar-refractivity contribution < 1.29 is 22.8 Å². The fraction of sp³-hybridized carbons (Fsp3) is 0.900. The molecule has 18 heavy (non-hydrogen) atoms. The molecule has 104 valence electrons. The lowest BCUT2D eigenvalue weighted by atomic mass is 10.1. The minimum absolute atomic E-state index is 0.129. The normalized spacial score (nSPS) is 31.8. The number of nitrogens with zero attached hydrogens (tertiary/aromatic N) is 1. The predicted molar refractivity (Wildman–Crippen MR) is 64.2 cm³/mol. The summed E-state index contributed by atoms with van der Waals surface area (Å²) in [7, 11) is 0.0471. The van der Waals surface area contributed by atoms with Gasteiger partial charge in [-0.3, -0.25) is 5.32 Å². The van der Waals surface area contributed by atoms with E-state index in [1.165, 1.54) is 0 Å². The Labute approximate surface area is 108 Å². The van der Waals surface area contributed by atoms with Crippen molar-refractivity contribution >= 4 is 14.9 Å². The largest absolute Gasteiger partial charge is 0.603 e. The summed E-state index contributed by atoms with van der Waals surface area (Å²) in [6.07, 6.45) is 1.54. The van der Waals surface area contributed by atoms with Crippen LogP contribution in [-0.4, -0.2) is 59.3 Å². The molecule has 8 heteroatoms. The van der Waals surface area contributed by atoms with Gasteiger partial charge in [-0.25, -0.2) is 9.36 Å². The molecule has 0 radical (unpaired) electrons. The Morgan fingerprint density at radius 1 is 1.50 bits per heavy atom. The molecule has 7 nitrogen and oxygen atoms in total. The maximum Gasteiger partial charge on any atom is 0.603 e. The van der Waals surface area contributed by atoms with Crippen LogP contribution in [0.4, 0.5) is 0 Å². The molecule has 2 saturated heterocycles. The molecule has 0 spiro atoms. The van der Waals surface area contributed by atoms with Crippen LogP contribution >= 0.6 is 0 Å². The molecule has 0 bridgehead atoms. The molecular weight excluding hydrogens is 256 g/mol. The number of ether oxygens (including phenoxy) is 1. The number of fused-ring (bicyclic) bond motifs is 1. The highest BCUT2D eigenvalue weighted by molar-refractivity contribution is 6.58. The van der Waals surface area contributed by atoms with E-state index in [-0.39, 0.29) is 12.8 Å². The maximum atomic E-state index is 12.2. The van der Waals surface area contributed by atoms with Gasteiger partial charge in [0, 0.05) is 20.8 Å². The van der Waals surface area contributed by atoms with Gasteiger partial charge in [-0.2, -0.15) is 0 Å². The second-order valence-corrected chi connectivity index (χ2v) is 6.96. The van der Waals surface area contributed by atoms with Gasteiger partial charge in [-0.15, -0.1) is 0 Å². The molecule has 2 rings (SSSR count). The molecule has 2 aliphatic rings. The summed E-state index contributed by atoms with van der Waals surface area (Å²) in [4.78, 5) is 12.2. The van der Waals surface area contributed by atoms with Crippen molar-refractivity contribution in [2.24, 2.45) is 0 Å². The van der Waals surface area contributed by atoms with Crippen LogP contribution in [0.25, 0.3) is 0 Å². The average molecular weight is 276 g/mol. The van der Waals surface area contributed by atoms with Crippen molar-refractivity contribution in [1.82, 2.24) is 9.88 Å². The summed E-state index contributed by atoms with van der Waals surface area (Å²) in [5, 5.41) is 3.22. The summed E-state index contributed by atoms with van der Waals surface area (Å²) in [5.41, 5.74) is -0.872. The van der Waals surface area contributed by atoms with E-state index in [1.807, 2.05) is 11.5 Å². The van der Waals surface area contributed by atoms with Crippen molar-refractivity contribution in [2.45, 2.75) is 25.4 Å². The monoisotopic (exact) mass is 276 g/mol. The number of carbonyl (C=O) groups excluding carboxylic acids is 1. The molecule has 0 amide bonds. The fourth-order valence-electron chi connectivity index (χ4n) is 2.73. The third-order valence-corrected chi connectivity index (χ3v) is 6.25. The Balaban J connectivity index is 2.41. The minimum Gasteiger partial charge on any atom is -0.437 e. The van der Waals surface area contributed by atoms with E-state index >= 15 is 0 Å². The highest BCUT2D eigenvalue weighted by Crippen LogP contribution is 2.36. The summed E-state index contributed by atoms with van der Waals surface area (Å²) in [6, 6.07) is 0. The molecule has 0 saturated carbocycles. The van der Waals surface area contributed by atoms with Gasteiger partial charge in [0.25, 0.3) is 0 Å². The molecule has 1 N–H and O–H groups in total. The first-order valence-electron chi connectivity index (χ1n) is 6.09.